The van der Waals surface area contributed by atoms with Crippen LogP contribution in [0.2, 0.25) is 0 Å². The third kappa shape index (κ3) is 2.43. The van der Waals surface area contributed by atoms with E-state index < -0.39 is 0 Å². The van der Waals surface area contributed by atoms with Gasteiger partial charge in [-0.15, -0.1) is 5.10 Å². The van der Waals surface area contributed by atoms with Gasteiger partial charge in [-0.25, -0.2) is 9.67 Å². The first kappa shape index (κ1) is 15.5. The number of pyridine rings is 1. The largest absolute Gasteiger partial charge is 0.324 e. The van der Waals surface area contributed by atoms with Gasteiger partial charge in [-0.2, -0.15) is 0 Å². The van der Waals surface area contributed by atoms with Crippen molar-refractivity contribution in [2.45, 2.75) is 44.1 Å². The highest BCUT2D eigenvalue weighted by Gasteiger charge is 2.61. The predicted molar refractivity (Wildman–Crippen MR) is 95.7 cm³/mol. The number of hydrogen-bond acceptors (Lipinski definition) is 4. The van der Waals surface area contributed by atoms with E-state index in [0.717, 1.165) is 37.8 Å². The quantitative estimate of drug-likeness (QED) is 0.855. The molecule has 6 rings (SSSR count). The Kier molecular flexibility index (Phi) is 3.33. The molecule has 4 bridgehead atoms. The number of nitrogens with one attached hydrogen (secondary N) is 1. The van der Waals surface area contributed by atoms with E-state index in [0.29, 0.717) is 16.6 Å². The van der Waals surface area contributed by atoms with E-state index in [1.54, 1.807) is 12.4 Å². The van der Waals surface area contributed by atoms with E-state index in [1.807, 2.05) is 23.1 Å². The Labute approximate surface area is 154 Å². The van der Waals surface area contributed by atoms with E-state index in [4.69, 9.17) is 0 Å². The lowest BCUT2D eigenvalue weighted by molar-refractivity contribution is -0.150. The van der Waals surface area contributed by atoms with Crippen molar-refractivity contribution in [2.24, 2.45) is 17.3 Å². The van der Waals surface area contributed by atoms with Gasteiger partial charge in [0.15, 0.2) is 0 Å². The number of anilines is 1. The van der Waals surface area contributed by atoms with Crippen LogP contribution in [0.25, 0.3) is 0 Å². The van der Waals surface area contributed by atoms with E-state index >= 15 is 0 Å². The first-order valence-corrected chi connectivity index (χ1v) is 9.65. The van der Waals surface area contributed by atoms with Crippen LogP contribution in [0.3, 0.4) is 0 Å². The summed E-state index contributed by atoms with van der Waals surface area (Å²) in [4.78, 5) is 21.6. The fourth-order valence-electron chi connectivity index (χ4n) is 5.92. The zero-order valence-electron chi connectivity index (χ0n) is 13.9. The van der Waals surface area contributed by atoms with Gasteiger partial charge in [-0.3, -0.25) is 9.78 Å². The van der Waals surface area contributed by atoms with Crippen molar-refractivity contribution in [3.8, 4) is 0 Å². The van der Waals surface area contributed by atoms with Gasteiger partial charge in [0.25, 0.3) is 0 Å². The van der Waals surface area contributed by atoms with Crippen LogP contribution >= 0.6 is 15.9 Å². The molecule has 0 aromatic carbocycles. The molecule has 4 aliphatic rings. The normalized spacial score (nSPS) is 35.7. The molecule has 25 heavy (non-hydrogen) atoms. The molecule has 130 valence electrons. The third-order valence-corrected chi connectivity index (χ3v) is 6.74. The number of amides is 1. The Morgan fingerprint density at radius 1 is 1.28 bits per heavy atom. The molecule has 2 aromatic rings. The minimum Gasteiger partial charge on any atom is -0.324 e. The van der Waals surface area contributed by atoms with Gasteiger partial charge in [0.1, 0.15) is 6.33 Å². The molecular weight excluding hydrogens is 382 g/mol. The van der Waals surface area contributed by atoms with Crippen LogP contribution in [0.15, 0.2) is 35.6 Å². The lowest BCUT2D eigenvalue weighted by Crippen LogP contribution is -2.60. The smallest absolute Gasteiger partial charge is 0.230 e. The maximum Gasteiger partial charge on any atom is 0.230 e. The van der Waals surface area contributed by atoms with E-state index in [-0.39, 0.29) is 16.9 Å². The molecule has 0 radical (unpaired) electrons. The molecule has 4 fully saturated rings. The Bertz CT molecular complexity index is 806. The molecule has 2 heterocycles. The van der Waals surface area contributed by atoms with Gasteiger partial charge < -0.3 is 5.32 Å². The predicted octanol–water partition coefficient (Wildman–Crippen LogP) is 3.37. The van der Waals surface area contributed by atoms with Gasteiger partial charge in [0.2, 0.25) is 10.6 Å². The van der Waals surface area contributed by atoms with Crippen LogP contribution in [0, 0.1) is 17.3 Å². The van der Waals surface area contributed by atoms with Crippen LogP contribution in [0.4, 0.5) is 5.69 Å². The van der Waals surface area contributed by atoms with Gasteiger partial charge >= 0.3 is 0 Å². The molecule has 0 unspecified atom stereocenters. The molecule has 7 heteroatoms. The SMILES string of the molecule is O=C(Nc1cccnc1)C12C[C@@H]3C[C@@H](C1)CC(n1cnc(Br)n1)(C3)C2. The maximum absolute atomic E-state index is 13.3. The van der Waals surface area contributed by atoms with Crippen molar-refractivity contribution in [3.63, 3.8) is 0 Å². The Morgan fingerprint density at radius 2 is 2.08 bits per heavy atom. The number of carbonyl (C=O) groups is 1. The zero-order valence-corrected chi connectivity index (χ0v) is 15.4. The highest BCUT2D eigenvalue weighted by molar-refractivity contribution is 9.10. The summed E-state index contributed by atoms with van der Waals surface area (Å²) in [7, 11) is 0. The lowest BCUT2D eigenvalue weighted by Gasteiger charge is -2.60. The third-order valence-electron chi connectivity index (χ3n) is 6.38. The minimum absolute atomic E-state index is 0.0601. The second kappa shape index (κ2) is 5.37. The van der Waals surface area contributed by atoms with E-state index in [9.17, 15) is 4.79 Å². The van der Waals surface area contributed by atoms with Crippen molar-refractivity contribution >= 4 is 27.5 Å². The number of nitrogens with zero attached hydrogens (tertiary/aromatic N) is 4. The highest BCUT2D eigenvalue weighted by Crippen LogP contribution is 2.64. The molecule has 1 N–H and O–H groups in total. The summed E-state index contributed by atoms with van der Waals surface area (Å²) in [6.07, 6.45) is 11.6. The summed E-state index contributed by atoms with van der Waals surface area (Å²) in [5.41, 5.74) is 0.425. The second-order valence-corrected chi connectivity index (χ2v) is 8.83. The Morgan fingerprint density at radius 3 is 2.72 bits per heavy atom. The van der Waals surface area contributed by atoms with Gasteiger partial charge in [0.05, 0.1) is 22.8 Å². The highest BCUT2D eigenvalue weighted by atomic mass is 79.9. The average Bonchev–Trinajstić information content (AvgIpc) is 3.02. The molecular formula is C18H20BrN5O. The van der Waals surface area contributed by atoms with Crippen LogP contribution in [-0.4, -0.2) is 25.7 Å². The monoisotopic (exact) mass is 401 g/mol. The topological polar surface area (TPSA) is 72.7 Å². The molecule has 4 aliphatic carbocycles. The van der Waals surface area contributed by atoms with Gasteiger partial charge in [-0.05, 0) is 78.4 Å². The number of hydrogen-bond donors (Lipinski definition) is 1. The van der Waals surface area contributed by atoms with Crippen LogP contribution in [0.5, 0.6) is 0 Å². The van der Waals surface area contributed by atoms with Gasteiger partial charge in [-0.1, -0.05) is 0 Å². The molecule has 2 atom stereocenters. The van der Waals surface area contributed by atoms with Crippen molar-refractivity contribution in [1.82, 2.24) is 19.7 Å². The molecule has 2 aromatic heterocycles. The van der Waals surface area contributed by atoms with Gasteiger partial charge in [0, 0.05) is 6.20 Å². The summed E-state index contributed by atoms with van der Waals surface area (Å²) >= 11 is 3.37. The summed E-state index contributed by atoms with van der Waals surface area (Å²) in [6, 6.07) is 3.75. The summed E-state index contributed by atoms with van der Waals surface area (Å²) < 4.78 is 2.65. The van der Waals surface area contributed by atoms with Crippen LogP contribution in [-0.2, 0) is 10.3 Å². The summed E-state index contributed by atoms with van der Waals surface area (Å²) in [5.74, 6) is 1.35. The minimum atomic E-state index is -0.293. The van der Waals surface area contributed by atoms with Crippen LogP contribution < -0.4 is 5.32 Å². The van der Waals surface area contributed by atoms with Crippen molar-refractivity contribution in [3.05, 3.63) is 35.6 Å². The lowest BCUT2D eigenvalue weighted by atomic mass is 9.46. The Balaban J connectivity index is 1.48. The number of carbonyl (C=O) groups excluding carboxylic acids is 1. The first-order valence-electron chi connectivity index (χ1n) is 8.86. The molecule has 1 amide bonds. The summed E-state index contributed by atoms with van der Waals surface area (Å²) in [6.45, 7) is 0. The summed E-state index contributed by atoms with van der Waals surface area (Å²) in [5, 5.41) is 7.67. The second-order valence-electron chi connectivity index (χ2n) is 8.12. The number of halogens is 1. The average molecular weight is 402 g/mol. The molecule has 0 aliphatic heterocycles. The maximum atomic E-state index is 13.3. The molecule has 0 saturated heterocycles. The molecule has 4 saturated carbocycles. The molecule has 0 spiro atoms. The fourth-order valence-corrected chi connectivity index (χ4v) is 6.18. The van der Waals surface area contributed by atoms with E-state index in [1.165, 1.54) is 6.42 Å². The van der Waals surface area contributed by atoms with E-state index in [2.05, 4.69) is 36.3 Å². The number of aromatic nitrogens is 4. The standard InChI is InChI=1S/C18H20BrN5O/c19-16-21-11-24(23-16)18-7-12-4-13(8-18)6-17(5-12,10-18)15(25)22-14-2-1-3-20-9-14/h1-3,9,11-13H,4-8,10H2,(H,22,25)/t12-,13-,17?,18?/m0/s1. The van der Waals surface area contributed by atoms with Crippen molar-refractivity contribution < 1.29 is 4.79 Å². The zero-order chi connectivity index (χ0) is 17.1. The first-order chi connectivity index (χ1) is 12.1. The fraction of sp³-hybridized carbons (Fsp3) is 0.556. The Hall–Kier alpha value is -1.76. The number of rotatable bonds is 3. The van der Waals surface area contributed by atoms with Crippen molar-refractivity contribution in [1.29, 1.82) is 0 Å². The molecule has 6 nitrogen and oxygen atoms in total. The van der Waals surface area contributed by atoms with Crippen LogP contribution in [0.1, 0.15) is 38.5 Å². The van der Waals surface area contributed by atoms with Crippen molar-refractivity contribution in [2.75, 3.05) is 5.32 Å².